The van der Waals surface area contributed by atoms with E-state index >= 15 is 0 Å². The van der Waals surface area contributed by atoms with Gasteiger partial charge >= 0.3 is 0 Å². The quantitative estimate of drug-likeness (QED) is 0.727. The summed E-state index contributed by atoms with van der Waals surface area (Å²) < 4.78 is 13.2. The fourth-order valence-corrected chi connectivity index (χ4v) is 2.36. The van der Waals surface area contributed by atoms with Crippen molar-refractivity contribution in [1.29, 1.82) is 0 Å². The molecule has 1 aliphatic rings. The van der Waals surface area contributed by atoms with Crippen molar-refractivity contribution in [1.82, 2.24) is 10.3 Å². The number of H-pyrrole nitrogens is 1. The average Bonchev–Trinajstić information content (AvgIpc) is 2.58. The number of amides is 1. The third-order valence-electron chi connectivity index (χ3n) is 2.79. The molecule has 1 aromatic carbocycles. The summed E-state index contributed by atoms with van der Waals surface area (Å²) in [6.45, 7) is 0.596. The van der Waals surface area contributed by atoms with Gasteiger partial charge in [-0.15, -0.1) is 0 Å². The smallest absolute Gasteiger partial charge is 0.253 e. The van der Waals surface area contributed by atoms with Crippen molar-refractivity contribution >= 4 is 28.4 Å². The Morgan fingerprint density at radius 3 is 3.00 bits per heavy atom. The monoisotopic (exact) mass is 238 g/mol. The standard InChI is InChI=1S/C11H8ClFN2O/c12-7-4-5(13)3-6-9-8(15-10(6)7)1-2-14-11(9)16/h3-4,15H,1-2H2,(H,14,16). The predicted octanol–water partition coefficient (Wildman–Crippen LogP) is 2.25. The molecule has 0 atom stereocenters. The Hall–Kier alpha value is -1.55. The Balaban J connectivity index is 2.42. The van der Waals surface area contributed by atoms with Crippen LogP contribution in [-0.4, -0.2) is 17.4 Å². The lowest BCUT2D eigenvalue weighted by Gasteiger charge is -2.11. The summed E-state index contributed by atoms with van der Waals surface area (Å²) in [5.41, 5.74) is 1.97. The third kappa shape index (κ3) is 1.23. The Labute approximate surface area is 95.6 Å². The average molecular weight is 239 g/mol. The van der Waals surface area contributed by atoms with Crippen molar-refractivity contribution in [3.63, 3.8) is 0 Å². The van der Waals surface area contributed by atoms with Crippen LogP contribution in [0.15, 0.2) is 12.1 Å². The molecule has 0 saturated heterocycles. The highest BCUT2D eigenvalue weighted by Crippen LogP contribution is 2.30. The second-order valence-electron chi connectivity index (χ2n) is 3.79. The molecule has 0 unspecified atom stereocenters. The van der Waals surface area contributed by atoms with Gasteiger partial charge in [-0.1, -0.05) is 11.6 Å². The van der Waals surface area contributed by atoms with E-state index in [-0.39, 0.29) is 5.91 Å². The zero-order valence-corrected chi connectivity index (χ0v) is 8.99. The molecule has 16 heavy (non-hydrogen) atoms. The minimum Gasteiger partial charge on any atom is -0.356 e. The summed E-state index contributed by atoms with van der Waals surface area (Å²) in [6, 6.07) is 2.57. The number of halogens is 2. The number of carbonyl (C=O) groups is 1. The number of hydrogen-bond acceptors (Lipinski definition) is 1. The van der Waals surface area contributed by atoms with Crippen molar-refractivity contribution in [2.75, 3.05) is 6.54 Å². The fraction of sp³-hybridized carbons (Fsp3) is 0.182. The van der Waals surface area contributed by atoms with E-state index in [0.717, 1.165) is 5.69 Å². The second-order valence-corrected chi connectivity index (χ2v) is 4.20. The SMILES string of the molecule is O=C1NCCc2[nH]c3c(Cl)cc(F)cc3c21. The van der Waals surface area contributed by atoms with E-state index in [1.807, 2.05) is 0 Å². The summed E-state index contributed by atoms with van der Waals surface area (Å²) >= 11 is 5.93. The molecule has 1 amide bonds. The Morgan fingerprint density at radius 1 is 1.38 bits per heavy atom. The number of nitrogens with one attached hydrogen (secondary N) is 2. The van der Waals surface area contributed by atoms with E-state index in [2.05, 4.69) is 10.3 Å². The molecule has 0 fully saturated rings. The highest BCUT2D eigenvalue weighted by atomic mass is 35.5. The first-order chi connectivity index (χ1) is 7.66. The van der Waals surface area contributed by atoms with E-state index in [1.54, 1.807) is 0 Å². The maximum Gasteiger partial charge on any atom is 0.253 e. The molecule has 1 aromatic heterocycles. The third-order valence-corrected chi connectivity index (χ3v) is 3.09. The van der Waals surface area contributed by atoms with Crippen LogP contribution < -0.4 is 5.32 Å². The lowest BCUT2D eigenvalue weighted by Crippen LogP contribution is -2.31. The minimum atomic E-state index is -0.433. The first kappa shape index (κ1) is 9.66. The fourth-order valence-electron chi connectivity index (χ4n) is 2.11. The highest BCUT2D eigenvalue weighted by molar-refractivity contribution is 6.35. The van der Waals surface area contributed by atoms with Gasteiger partial charge in [0.15, 0.2) is 0 Å². The van der Waals surface area contributed by atoms with Crippen LogP contribution in [0, 0.1) is 5.82 Å². The molecule has 5 heteroatoms. The van der Waals surface area contributed by atoms with Gasteiger partial charge in [0.1, 0.15) is 5.82 Å². The Morgan fingerprint density at radius 2 is 2.19 bits per heavy atom. The first-order valence-corrected chi connectivity index (χ1v) is 5.32. The van der Waals surface area contributed by atoms with Crippen LogP contribution in [0.5, 0.6) is 0 Å². The first-order valence-electron chi connectivity index (χ1n) is 4.94. The van der Waals surface area contributed by atoms with Crippen molar-refractivity contribution in [2.45, 2.75) is 6.42 Å². The van der Waals surface area contributed by atoms with Crippen LogP contribution in [0.3, 0.4) is 0 Å². The summed E-state index contributed by atoms with van der Waals surface area (Å²) in [6.07, 6.45) is 0.716. The highest BCUT2D eigenvalue weighted by Gasteiger charge is 2.23. The largest absolute Gasteiger partial charge is 0.356 e. The van der Waals surface area contributed by atoms with Gasteiger partial charge in [0, 0.05) is 24.0 Å². The van der Waals surface area contributed by atoms with Gasteiger partial charge in [0.25, 0.3) is 5.91 Å². The predicted molar refractivity (Wildman–Crippen MR) is 59.3 cm³/mol. The van der Waals surface area contributed by atoms with Crippen molar-refractivity contribution in [3.8, 4) is 0 Å². The lowest BCUT2D eigenvalue weighted by atomic mass is 10.1. The van der Waals surface area contributed by atoms with E-state index in [9.17, 15) is 9.18 Å². The molecule has 0 aliphatic carbocycles. The van der Waals surface area contributed by atoms with Crippen LogP contribution >= 0.6 is 11.6 Å². The lowest BCUT2D eigenvalue weighted by molar-refractivity contribution is 0.0947. The van der Waals surface area contributed by atoms with E-state index in [1.165, 1.54) is 12.1 Å². The number of aromatic amines is 1. The van der Waals surface area contributed by atoms with Crippen LogP contribution in [0.1, 0.15) is 16.1 Å². The molecule has 3 rings (SSSR count). The van der Waals surface area contributed by atoms with Crippen LogP contribution in [0.2, 0.25) is 5.02 Å². The zero-order chi connectivity index (χ0) is 11.3. The number of rotatable bonds is 0. The minimum absolute atomic E-state index is 0.172. The van der Waals surface area contributed by atoms with Gasteiger partial charge in [0.05, 0.1) is 16.1 Å². The van der Waals surface area contributed by atoms with Crippen LogP contribution in [0.25, 0.3) is 10.9 Å². The van der Waals surface area contributed by atoms with Gasteiger partial charge < -0.3 is 10.3 Å². The number of fused-ring (bicyclic) bond motifs is 3. The van der Waals surface area contributed by atoms with Crippen LogP contribution in [0.4, 0.5) is 4.39 Å². The molecule has 82 valence electrons. The molecular formula is C11H8ClFN2O. The summed E-state index contributed by atoms with van der Waals surface area (Å²) in [7, 11) is 0. The van der Waals surface area contributed by atoms with E-state index in [0.29, 0.717) is 34.5 Å². The molecule has 2 aromatic rings. The van der Waals surface area contributed by atoms with Gasteiger partial charge in [0.2, 0.25) is 0 Å². The molecule has 2 N–H and O–H groups in total. The number of benzene rings is 1. The number of aromatic nitrogens is 1. The molecule has 0 bridgehead atoms. The van der Waals surface area contributed by atoms with Gasteiger partial charge in [-0.3, -0.25) is 4.79 Å². The normalized spacial score (nSPS) is 15.0. The van der Waals surface area contributed by atoms with Crippen molar-refractivity contribution in [3.05, 3.63) is 34.2 Å². The van der Waals surface area contributed by atoms with Crippen molar-refractivity contribution in [2.24, 2.45) is 0 Å². The Bertz CT molecular complexity index is 606. The molecule has 3 nitrogen and oxygen atoms in total. The molecule has 0 radical (unpaired) electrons. The topological polar surface area (TPSA) is 44.9 Å². The summed E-state index contributed by atoms with van der Waals surface area (Å²) in [5.74, 6) is -0.605. The van der Waals surface area contributed by atoms with Crippen LogP contribution in [-0.2, 0) is 6.42 Å². The summed E-state index contributed by atoms with van der Waals surface area (Å²) in [5, 5.41) is 3.59. The Kier molecular flexibility index (Phi) is 1.94. The second kappa shape index (κ2) is 3.22. The maximum absolute atomic E-state index is 13.2. The maximum atomic E-state index is 13.2. The number of hydrogen-bond donors (Lipinski definition) is 2. The van der Waals surface area contributed by atoms with E-state index < -0.39 is 5.82 Å². The van der Waals surface area contributed by atoms with Gasteiger partial charge in [-0.25, -0.2) is 4.39 Å². The van der Waals surface area contributed by atoms with E-state index in [4.69, 9.17) is 11.6 Å². The molecule has 0 saturated carbocycles. The molecule has 2 heterocycles. The zero-order valence-electron chi connectivity index (χ0n) is 8.23. The summed E-state index contributed by atoms with van der Waals surface area (Å²) in [4.78, 5) is 14.8. The number of carbonyl (C=O) groups excluding carboxylic acids is 1. The molecule has 1 aliphatic heterocycles. The van der Waals surface area contributed by atoms with Gasteiger partial charge in [-0.05, 0) is 12.1 Å². The van der Waals surface area contributed by atoms with Crippen molar-refractivity contribution < 1.29 is 9.18 Å². The molecule has 0 spiro atoms. The molecular weight excluding hydrogens is 231 g/mol. The van der Waals surface area contributed by atoms with Gasteiger partial charge in [-0.2, -0.15) is 0 Å².